The maximum Gasteiger partial charge on any atom is 0.408 e. The van der Waals surface area contributed by atoms with E-state index in [0.717, 1.165) is 12.3 Å². The first-order valence-corrected chi connectivity index (χ1v) is 6.56. The summed E-state index contributed by atoms with van der Waals surface area (Å²) < 4.78 is 37.3. The molecule has 1 aromatic heterocycles. The van der Waals surface area contributed by atoms with Gasteiger partial charge in [-0.1, -0.05) is 12.0 Å². The Balaban J connectivity index is 1.97. The van der Waals surface area contributed by atoms with Gasteiger partial charge in [0.25, 0.3) is 0 Å². The van der Waals surface area contributed by atoms with Gasteiger partial charge in [-0.05, 0) is 18.2 Å². The predicted octanol–water partition coefficient (Wildman–Crippen LogP) is 2.00. The van der Waals surface area contributed by atoms with Crippen molar-refractivity contribution in [3.8, 4) is 12.3 Å². The van der Waals surface area contributed by atoms with E-state index < -0.39 is 24.5 Å². The molecule has 0 saturated heterocycles. The number of alkyl halides is 3. The van der Waals surface area contributed by atoms with Gasteiger partial charge in [-0.15, -0.1) is 6.42 Å². The first-order valence-electron chi connectivity index (χ1n) is 6.56. The summed E-state index contributed by atoms with van der Waals surface area (Å²) >= 11 is 0. The molecule has 0 saturated carbocycles. The third-order valence-corrected chi connectivity index (χ3v) is 2.72. The summed E-state index contributed by atoms with van der Waals surface area (Å²) in [6.07, 6.45) is 1.83. The van der Waals surface area contributed by atoms with Crippen molar-refractivity contribution in [2.45, 2.75) is 12.7 Å². The van der Waals surface area contributed by atoms with Crippen LogP contribution >= 0.6 is 0 Å². The summed E-state index contributed by atoms with van der Waals surface area (Å²) in [5, 5.41) is 7.94. The number of hydrogen-bond donors (Lipinski definition) is 2. The van der Waals surface area contributed by atoms with E-state index in [1.807, 2.05) is 0 Å². The van der Waals surface area contributed by atoms with Crippen molar-refractivity contribution >= 4 is 23.3 Å². The molecular formula is C15H11F3N4O2. The first-order chi connectivity index (χ1) is 11.3. The van der Waals surface area contributed by atoms with Crippen LogP contribution in [0.2, 0.25) is 0 Å². The maximum absolute atomic E-state index is 12.2. The molecule has 1 heterocycles. The summed E-state index contributed by atoms with van der Waals surface area (Å²) in [7, 11) is 0. The monoisotopic (exact) mass is 336 g/mol. The lowest BCUT2D eigenvalue weighted by atomic mass is 10.2. The Morgan fingerprint density at radius 1 is 1.21 bits per heavy atom. The van der Waals surface area contributed by atoms with Gasteiger partial charge in [-0.25, -0.2) is 0 Å². The number of nitrogens with one attached hydrogen (secondary N) is 2. The maximum atomic E-state index is 12.2. The summed E-state index contributed by atoms with van der Waals surface area (Å²) in [5.41, 5.74) is 0.826. The van der Waals surface area contributed by atoms with Crippen LogP contribution in [-0.4, -0.2) is 27.8 Å². The Morgan fingerprint density at radius 2 is 1.92 bits per heavy atom. The molecule has 6 nitrogen and oxygen atoms in total. The fourth-order valence-corrected chi connectivity index (χ4v) is 1.75. The number of nitrogens with zero attached hydrogens (tertiary/aromatic N) is 2. The fraction of sp³-hybridized carbons (Fsp3) is 0.133. The topological polar surface area (TPSA) is 76.0 Å². The molecule has 2 rings (SSSR count). The second kappa shape index (κ2) is 6.87. The Kier molecular flexibility index (Phi) is 4.89. The van der Waals surface area contributed by atoms with Crippen molar-refractivity contribution in [1.82, 2.24) is 9.78 Å². The molecule has 2 amide bonds. The molecule has 0 aliphatic carbocycles. The van der Waals surface area contributed by atoms with Crippen LogP contribution in [0.3, 0.4) is 0 Å². The molecule has 0 radical (unpaired) electrons. The Morgan fingerprint density at radius 3 is 2.58 bits per heavy atom. The van der Waals surface area contributed by atoms with Crippen molar-refractivity contribution in [3.05, 3.63) is 42.1 Å². The molecule has 9 heteroatoms. The molecule has 0 aliphatic rings. The van der Waals surface area contributed by atoms with Gasteiger partial charge in [0.2, 0.25) is 0 Å². The van der Waals surface area contributed by atoms with Gasteiger partial charge in [-0.3, -0.25) is 14.3 Å². The van der Waals surface area contributed by atoms with E-state index in [9.17, 15) is 22.8 Å². The molecule has 2 aromatic rings. The highest BCUT2D eigenvalue weighted by atomic mass is 19.4. The molecule has 0 atom stereocenters. The van der Waals surface area contributed by atoms with E-state index in [1.54, 1.807) is 12.1 Å². The SMILES string of the molecule is C#Cc1cccc(NC(=O)C(=O)Nc2ccn(CC(F)(F)F)n2)c1. The highest BCUT2D eigenvalue weighted by molar-refractivity contribution is 6.43. The number of aromatic nitrogens is 2. The third-order valence-electron chi connectivity index (χ3n) is 2.72. The lowest BCUT2D eigenvalue weighted by molar-refractivity contribution is -0.142. The second-order valence-corrected chi connectivity index (χ2v) is 4.65. The molecule has 0 fully saturated rings. The summed E-state index contributed by atoms with van der Waals surface area (Å²) in [6, 6.07) is 7.41. The third kappa shape index (κ3) is 4.88. The highest BCUT2D eigenvalue weighted by Crippen LogP contribution is 2.17. The molecule has 24 heavy (non-hydrogen) atoms. The molecule has 0 spiro atoms. The number of benzene rings is 1. The minimum atomic E-state index is -4.44. The first kappa shape index (κ1) is 17.1. The molecule has 0 aliphatic heterocycles. The lowest BCUT2D eigenvalue weighted by Crippen LogP contribution is -2.29. The van der Waals surface area contributed by atoms with Crippen LogP contribution in [0.5, 0.6) is 0 Å². The molecule has 124 valence electrons. The van der Waals surface area contributed by atoms with Gasteiger partial charge in [-0.2, -0.15) is 18.3 Å². The quantitative estimate of drug-likeness (QED) is 0.665. The van der Waals surface area contributed by atoms with Crippen molar-refractivity contribution in [2.75, 3.05) is 10.6 Å². The zero-order chi connectivity index (χ0) is 17.7. The van der Waals surface area contributed by atoms with Crippen LogP contribution in [-0.2, 0) is 16.1 Å². The smallest absolute Gasteiger partial charge is 0.318 e. The van der Waals surface area contributed by atoms with Crippen LogP contribution < -0.4 is 10.6 Å². The number of hydrogen-bond acceptors (Lipinski definition) is 3. The number of rotatable bonds is 3. The zero-order valence-corrected chi connectivity index (χ0v) is 12.1. The Bertz CT molecular complexity index is 806. The van der Waals surface area contributed by atoms with E-state index in [0.29, 0.717) is 15.9 Å². The van der Waals surface area contributed by atoms with Crippen molar-refractivity contribution in [2.24, 2.45) is 0 Å². The highest BCUT2D eigenvalue weighted by Gasteiger charge is 2.28. The van der Waals surface area contributed by atoms with Gasteiger partial charge in [0, 0.05) is 23.5 Å². The van der Waals surface area contributed by atoms with Gasteiger partial charge < -0.3 is 10.6 Å². The standard InChI is InChI=1S/C15H11F3N4O2/c1-2-10-4-3-5-11(8-10)19-13(23)14(24)20-12-6-7-22(21-12)9-15(16,17)18/h1,3-8H,9H2,(H,19,23)(H,20,21,24). The summed E-state index contributed by atoms with van der Waals surface area (Å²) in [6.45, 7) is -1.30. The average Bonchev–Trinajstić information content (AvgIpc) is 2.92. The number of terminal acetylenes is 1. The number of amides is 2. The zero-order valence-electron chi connectivity index (χ0n) is 12.1. The Labute approximate surface area is 134 Å². The normalized spacial score (nSPS) is 10.8. The predicted molar refractivity (Wildman–Crippen MR) is 79.9 cm³/mol. The number of carbonyl (C=O) groups excluding carboxylic acids is 2. The molecule has 1 aromatic carbocycles. The molecule has 0 unspecified atom stereocenters. The van der Waals surface area contributed by atoms with E-state index in [2.05, 4.69) is 21.7 Å². The minimum absolute atomic E-state index is 0.170. The number of carbonyl (C=O) groups is 2. The number of anilines is 2. The molecular weight excluding hydrogens is 325 g/mol. The lowest BCUT2D eigenvalue weighted by Gasteiger charge is -2.06. The second-order valence-electron chi connectivity index (χ2n) is 4.65. The Hall–Kier alpha value is -3.28. The van der Waals surface area contributed by atoms with E-state index in [-0.39, 0.29) is 5.82 Å². The largest absolute Gasteiger partial charge is 0.408 e. The van der Waals surface area contributed by atoms with E-state index >= 15 is 0 Å². The van der Waals surface area contributed by atoms with E-state index in [1.165, 1.54) is 12.1 Å². The average molecular weight is 336 g/mol. The van der Waals surface area contributed by atoms with Crippen LogP contribution in [0, 0.1) is 12.3 Å². The number of halogens is 3. The summed E-state index contributed by atoms with van der Waals surface area (Å²) in [5.74, 6) is 0.129. The van der Waals surface area contributed by atoms with E-state index in [4.69, 9.17) is 6.42 Å². The van der Waals surface area contributed by atoms with Gasteiger partial charge >= 0.3 is 18.0 Å². The van der Waals surface area contributed by atoms with Gasteiger partial charge in [0.1, 0.15) is 6.54 Å². The van der Waals surface area contributed by atoms with Gasteiger partial charge in [0.15, 0.2) is 5.82 Å². The van der Waals surface area contributed by atoms with Crippen molar-refractivity contribution < 1.29 is 22.8 Å². The van der Waals surface area contributed by atoms with Gasteiger partial charge in [0.05, 0.1) is 0 Å². The van der Waals surface area contributed by atoms with Crippen molar-refractivity contribution in [1.29, 1.82) is 0 Å². The van der Waals surface area contributed by atoms with Crippen molar-refractivity contribution in [3.63, 3.8) is 0 Å². The minimum Gasteiger partial charge on any atom is -0.318 e. The van der Waals surface area contributed by atoms with Crippen LogP contribution in [0.25, 0.3) is 0 Å². The molecule has 2 N–H and O–H groups in total. The fourth-order valence-electron chi connectivity index (χ4n) is 1.75. The van der Waals surface area contributed by atoms with Crippen LogP contribution in [0.1, 0.15) is 5.56 Å². The molecule has 0 bridgehead atoms. The summed E-state index contributed by atoms with van der Waals surface area (Å²) in [4.78, 5) is 23.5. The van der Waals surface area contributed by atoms with Crippen LogP contribution in [0.4, 0.5) is 24.7 Å². The van der Waals surface area contributed by atoms with Crippen LogP contribution in [0.15, 0.2) is 36.5 Å².